The van der Waals surface area contributed by atoms with Crippen molar-refractivity contribution in [2.75, 3.05) is 0 Å². The van der Waals surface area contributed by atoms with Gasteiger partial charge in [-0.1, -0.05) is 31.4 Å². The van der Waals surface area contributed by atoms with E-state index in [2.05, 4.69) is 4.72 Å². The Kier molecular flexibility index (Phi) is 5.09. The first-order chi connectivity index (χ1) is 10.1. The molecule has 0 heterocycles. The number of hydrogen-bond acceptors (Lipinski definition) is 2. The number of halogens is 4. The van der Waals surface area contributed by atoms with Crippen LogP contribution >= 0.6 is 11.6 Å². The summed E-state index contributed by atoms with van der Waals surface area (Å²) in [7, 11) is -4.09. The van der Waals surface area contributed by atoms with E-state index < -0.39 is 26.7 Å². The predicted octanol–water partition coefficient (Wildman–Crippen LogP) is 4.22. The van der Waals surface area contributed by atoms with Gasteiger partial charge in [0.25, 0.3) is 0 Å². The molecule has 1 N–H and O–H groups in total. The Bertz CT molecular complexity index is 646. The molecule has 1 aliphatic rings. The van der Waals surface area contributed by atoms with Gasteiger partial charge in [0.1, 0.15) is 4.90 Å². The zero-order valence-electron chi connectivity index (χ0n) is 12.0. The largest absolute Gasteiger partial charge is 0.416 e. The molecule has 0 aliphatic heterocycles. The number of nitrogens with one attached hydrogen (secondary N) is 1. The molecule has 1 aromatic carbocycles. The van der Waals surface area contributed by atoms with Crippen LogP contribution in [-0.4, -0.2) is 14.5 Å². The van der Waals surface area contributed by atoms with Gasteiger partial charge in [-0.25, -0.2) is 13.1 Å². The number of benzene rings is 1. The predicted molar refractivity (Wildman–Crippen MR) is 78.2 cm³/mol. The first kappa shape index (κ1) is 17.6. The highest BCUT2D eigenvalue weighted by Gasteiger charge is 2.34. The molecular weight excluding hydrogens is 339 g/mol. The van der Waals surface area contributed by atoms with Crippen LogP contribution in [0.1, 0.15) is 38.2 Å². The van der Waals surface area contributed by atoms with E-state index in [1.807, 2.05) is 6.92 Å². The zero-order valence-corrected chi connectivity index (χ0v) is 13.5. The maximum Gasteiger partial charge on any atom is 0.416 e. The van der Waals surface area contributed by atoms with Crippen molar-refractivity contribution >= 4 is 21.6 Å². The summed E-state index contributed by atoms with van der Waals surface area (Å²) in [4.78, 5) is -0.526. The van der Waals surface area contributed by atoms with E-state index in [4.69, 9.17) is 11.6 Å². The summed E-state index contributed by atoms with van der Waals surface area (Å²) in [6.45, 7) is 1.93. The Morgan fingerprint density at radius 2 is 1.86 bits per heavy atom. The van der Waals surface area contributed by atoms with E-state index in [1.54, 1.807) is 0 Å². The molecule has 3 nitrogen and oxygen atoms in total. The zero-order chi connectivity index (χ0) is 16.5. The Hall–Kier alpha value is -0.790. The second-order valence-corrected chi connectivity index (χ2v) is 7.72. The molecule has 0 radical (unpaired) electrons. The maximum absolute atomic E-state index is 12.8. The molecule has 0 amide bonds. The fourth-order valence-corrected chi connectivity index (χ4v) is 4.54. The Morgan fingerprint density at radius 1 is 1.23 bits per heavy atom. The minimum absolute atomic E-state index is 0.146. The van der Waals surface area contributed by atoms with Crippen molar-refractivity contribution in [3.63, 3.8) is 0 Å². The van der Waals surface area contributed by atoms with Gasteiger partial charge >= 0.3 is 6.18 Å². The lowest BCUT2D eigenvalue weighted by atomic mass is 9.87. The normalized spacial score (nSPS) is 23.5. The molecule has 2 rings (SSSR count). The number of sulfonamides is 1. The van der Waals surface area contributed by atoms with Gasteiger partial charge in [0.2, 0.25) is 10.0 Å². The smallest absolute Gasteiger partial charge is 0.208 e. The van der Waals surface area contributed by atoms with Crippen LogP contribution in [0.2, 0.25) is 5.02 Å². The summed E-state index contributed by atoms with van der Waals surface area (Å²) in [6.07, 6.45) is -1.12. The van der Waals surface area contributed by atoms with Crippen LogP contribution in [0.25, 0.3) is 0 Å². The van der Waals surface area contributed by atoms with Crippen LogP contribution in [0.3, 0.4) is 0 Å². The monoisotopic (exact) mass is 355 g/mol. The van der Waals surface area contributed by atoms with E-state index >= 15 is 0 Å². The fraction of sp³-hybridized carbons (Fsp3) is 0.571. The summed E-state index contributed by atoms with van der Waals surface area (Å²) >= 11 is 5.80. The molecule has 0 spiro atoms. The van der Waals surface area contributed by atoms with E-state index in [0.29, 0.717) is 12.5 Å². The van der Waals surface area contributed by atoms with E-state index in [0.717, 1.165) is 31.4 Å². The molecule has 1 fully saturated rings. The molecule has 1 saturated carbocycles. The van der Waals surface area contributed by atoms with Crippen molar-refractivity contribution in [2.24, 2.45) is 5.92 Å². The first-order valence-corrected chi connectivity index (χ1v) is 8.86. The third-order valence-electron chi connectivity index (χ3n) is 3.97. The molecule has 0 aromatic heterocycles. The summed E-state index contributed by atoms with van der Waals surface area (Å²) in [6, 6.07) is 2.04. The summed E-state index contributed by atoms with van der Waals surface area (Å²) < 4.78 is 65.5. The van der Waals surface area contributed by atoms with Gasteiger partial charge in [0.15, 0.2) is 0 Å². The molecular formula is C14H17ClF3NO2S. The molecule has 1 aromatic rings. The molecule has 2 unspecified atom stereocenters. The lowest BCUT2D eigenvalue weighted by Gasteiger charge is -2.29. The van der Waals surface area contributed by atoms with Gasteiger partial charge in [-0.2, -0.15) is 13.2 Å². The Morgan fingerprint density at radius 3 is 2.45 bits per heavy atom. The third-order valence-corrected chi connectivity index (χ3v) is 5.94. The van der Waals surface area contributed by atoms with Crippen molar-refractivity contribution in [3.8, 4) is 0 Å². The average Bonchev–Trinajstić information content (AvgIpc) is 2.40. The first-order valence-electron chi connectivity index (χ1n) is 7.00. The van der Waals surface area contributed by atoms with E-state index in [-0.39, 0.29) is 17.0 Å². The van der Waals surface area contributed by atoms with Crippen LogP contribution in [0.5, 0.6) is 0 Å². The minimum Gasteiger partial charge on any atom is -0.208 e. The highest BCUT2D eigenvalue weighted by Crippen LogP contribution is 2.34. The van der Waals surface area contributed by atoms with Crippen LogP contribution in [0, 0.1) is 5.92 Å². The average molecular weight is 356 g/mol. The molecule has 8 heteroatoms. The van der Waals surface area contributed by atoms with Crippen molar-refractivity contribution < 1.29 is 21.6 Å². The summed E-state index contributed by atoms with van der Waals surface area (Å²) in [5, 5.41) is -0.219. The third kappa shape index (κ3) is 3.94. The molecule has 0 bridgehead atoms. The molecule has 0 saturated heterocycles. The molecule has 1 aliphatic carbocycles. The van der Waals surface area contributed by atoms with E-state index in [1.165, 1.54) is 0 Å². The highest BCUT2D eigenvalue weighted by atomic mass is 35.5. The lowest BCUT2D eigenvalue weighted by molar-refractivity contribution is -0.137. The highest BCUT2D eigenvalue weighted by molar-refractivity contribution is 7.89. The fourth-order valence-electron chi connectivity index (χ4n) is 2.64. The van der Waals surface area contributed by atoms with Gasteiger partial charge in [-0.05, 0) is 37.0 Å². The topological polar surface area (TPSA) is 46.2 Å². The van der Waals surface area contributed by atoms with Crippen molar-refractivity contribution in [1.29, 1.82) is 0 Å². The van der Waals surface area contributed by atoms with Gasteiger partial charge in [-0.15, -0.1) is 0 Å². The van der Waals surface area contributed by atoms with Gasteiger partial charge in [0.05, 0.1) is 10.6 Å². The van der Waals surface area contributed by atoms with Gasteiger partial charge in [-0.3, -0.25) is 0 Å². The van der Waals surface area contributed by atoms with Crippen LogP contribution in [-0.2, 0) is 16.2 Å². The van der Waals surface area contributed by atoms with Crippen LogP contribution < -0.4 is 4.72 Å². The number of hydrogen-bond donors (Lipinski definition) is 1. The second kappa shape index (κ2) is 6.37. The molecule has 22 heavy (non-hydrogen) atoms. The van der Waals surface area contributed by atoms with Crippen molar-refractivity contribution in [2.45, 2.75) is 49.7 Å². The Balaban J connectivity index is 2.32. The number of alkyl halides is 3. The molecule has 2 atom stereocenters. The minimum atomic E-state index is -4.62. The maximum atomic E-state index is 12.8. The molecule has 124 valence electrons. The second-order valence-electron chi connectivity index (χ2n) is 5.63. The van der Waals surface area contributed by atoms with Crippen LogP contribution in [0.4, 0.5) is 13.2 Å². The quantitative estimate of drug-likeness (QED) is 0.882. The van der Waals surface area contributed by atoms with Crippen LogP contribution in [0.15, 0.2) is 23.1 Å². The summed E-state index contributed by atoms with van der Waals surface area (Å²) in [5.41, 5.74) is -1.03. The van der Waals surface area contributed by atoms with Gasteiger partial charge < -0.3 is 0 Å². The standard InChI is InChI=1S/C14H17ClF3NO2S/c1-9-4-2-3-5-12(9)19-22(20,21)13-8-10(14(16,17)18)6-7-11(13)15/h6-9,12,19H,2-5H2,1H3. The SMILES string of the molecule is CC1CCCCC1NS(=O)(=O)c1cc(C(F)(F)F)ccc1Cl. The Labute approximate surface area is 132 Å². The van der Waals surface area contributed by atoms with Crippen molar-refractivity contribution in [3.05, 3.63) is 28.8 Å². The number of rotatable bonds is 3. The van der Waals surface area contributed by atoms with Gasteiger partial charge in [0, 0.05) is 6.04 Å². The van der Waals surface area contributed by atoms with Crippen molar-refractivity contribution in [1.82, 2.24) is 4.72 Å². The van der Waals surface area contributed by atoms with E-state index in [9.17, 15) is 21.6 Å². The summed E-state index contributed by atoms with van der Waals surface area (Å²) in [5.74, 6) is 0.146. The lowest BCUT2D eigenvalue weighted by Crippen LogP contribution is -2.41.